The van der Waals surface area contributed by atoms with E-state index in [0.29, 0.717) is 35.6 Å². The molecule has 7 heteroatoms. The summed E-state index contributed by atoms with van der Waals surface area (Å²) < 4.78 is 3.86. The molecule has 5 rings (SSSR count). The molecule has 4 aliphatic heterocycles. The van der Waals surface area contributed by atoms with Crippen LogP contribution in [-0.4, -0.2) is 52.3 Å². The smallest absolute Gasteiger partial charge is 0.0690 e. The first-order valence-corrected chi connectivity index (χ1v) is 16.9. The highest BCUT2D eigenvalue weighted by Crippen LogP contribution is 2.42. The second kappa shape index (κ2) is 12.7. The molecule has 0 aliphatic carbocycles. The topological polar surface area (TPSA) is 64.2 Å². The summed E-state index contributed by atoms with van der Waals surface area (Å²) in [6, 6.07) is 5.33. The van der Waals surface area contributed by atoms with E-state index >= 15 is 0 Å². The third kappa shape index (κ3) is 7.51. The molecule has 40 heavy (non-hydrogen) atoms. The van der Waals surface area contributed by atoms with Crippen molar-refractivity contribution in [3.63, 3.8) is 0 Å². The zero-order valence-electron chi connectivity index (χ0n) is 26.2. The summed E-state index contributed by atoms with van der Waals surface area (Å²) in [6.07, 6.45) is 14.9. The summed E-state index contributed by atoms with van der Waals surface area (Å²) in [6.45, 7) is 18.7. The second-order valence-electron chi connectivity index (χ2n) is 15.0. The SMILES string of the molecule is CC(C)=Cc1ccc(C2CC[C@@H]3CN(C4NC(C(C)(C)C)CCC4CNSC4CCCC(N4)N2)C(C)(C)C3)nc1. The predicted octanol–water partition coefficient (Wildman–Crippen LogP) is 6.43. The van der Waals surface area contributed by atoms with Crippen molar-refractivity contribution >= 4 is 18.0 Å². The number of rotatable bonds is 2. The lowest BCUT2D eigenvalue weighted by atomic mass is 9.78. The Labute approximate surface area is 248 Å². The Morgan fingerprint density at radius 1 is 1.02 bits per heavy atom. The van der Waals surface area contributed by atoms with Gasteiger partial charge >= 0.3 is 0 Å². The van der Waals surface area contributed by atoms with E-state index in [-0.39, 0.29) is 17.0 Å². The normalized spacial score (nSPS) is 37.1. The van der Waals surface area contributed by atoms with E-state index in [1.807, 2.05) is 11.9 Å². The zero-order valence-corrected chi connectivity index (χ0v) is 27.0. The quantitative estimate of drug-likeness (QED) is 0.307. The van der Waals surface area contributed by atoms with Gasteiger partial charge in [-0.25, -0.2) is 0 Å². The van der Waals surface area contributed by atoms with Gasteiger partial charge in [-0.05, 0) is 102 Å². The van der Waals surface area contributed by atoms with Crippen LogP contribution in [0.5, 0.6) is 0 Å². The van der Waals surface area contributed by atoms with Gasteiger partial charge < -0.3 is 0 Å². The van der Waals surface area contributed by atoms with Crippen LogP contribution in [0.1, 0.15) is 117 Å². The summed E-state index contributed by atoms with van der Waals surface area (Å²) in [7, 11) is 0. The van der Waals surface area contributed by atoms with Crippen molar-refractivity contribution in [1.82, 2.24) is 30.6 Å². The molecule has 4 saturated heterocycles. The Bertz CT molecular complexity index is 997. The molecule has 4 aliphatic rings. The van der Waals surface area contributed by atoms with Crippen molar-refractivity contribution in [1.29, 1.82) is 0 Å². The minimum atomic E-state index is 0.204. The third-order valence-electron chi connectivity index (χ3n) is 9.85. The first kappa shape index (κ1) is 30.5. The van der Waals surface area contributed by atoms with Crippen LogP contribution in [0.2, 0.25) is 0 Å². The average Bonchev–Trinajstić information content (AvgIpc) is 3.19. The molecule has 4 N–H and O–H groups in total. The van der Waals surface area contributed by atoms with E-state index in [2.05, 4.69) is 98.4 Å². The van der Waals surface area contributed by atoms with Crippen LogP contribution in [0.25, 0.3) is 6.08 Å². The molecule has 1 aromatic rings. The van der Waals surface area contributed by atoms with Crippen LogP contribution < -0.4 is 20.7 Å². The molecular formula is C33H56N6S. The average molecular weight is 569 g/mol. The van der Waals surface area contributed by atoms with Gasteiger partial charge in [-0.15, -0.1) is 0 Å². The van der Waals surface area contributed by atoms with E-state index in [1.54, 1.807) is 0 Å². The molecule has 4 fully saturated rings. The van der Waals surface area contributed by atoms with Crippen molar-refractivity contribution in [2.75, 3.05) is 13.1 Å². The Kier molecular flexibility index (Phi) is 9.70. The molecular weight excluding hydrogens is 512 g/mol. The third-order valence-corrected chi connectivity index (χ3v) is 10.8. The maximum Gasteiger partial charge on any atom is 0.0690 e. The number of piperidine rings is 2. The monoisotopic (exact) mass is 568 g/mol. The van der Waals surface area contributed by atoms with Gasteiger partial charge in [0.05, 0.1) is 29.4 Å². The summed E-state index contributed by atoms with van der Waals surface area (Å²) in [4.78, 5) is 7.84. The molecule has 6 nitrogen and oxygen atoms in total. The Hall–Kier alpha value is -0.960. The van der Waals surface area contributed by atoms with Crippen LogP contribution in [0.4, 0.5) is 0 Å². The summed E-state index contributed by atoms with van der Waals surface area (Å²) >= 11 is 1.92. The first-order valence-electron chi connectivity index (χ1n) is 16.0. The minimum Gasteiger partial charge on any atom is -0.298 e. The van der Waals surface area contributed by atoms with Crippen molar-refractivity contribution in [2.24, 2.45) is 17.3 Å². The molecule has 4 bridgehead atoms. The maximum absolute atomic E-state index is 4.98. The molecule has 0 radical (unpaired) electrons. The maximum atomic E-state index is 4.98. The molecule has 5 heterocycles. The van der Waals surface area contributed by atoms with Crippen LogP contribution in [-0.2, 0) is 0 Å². The number of hydrogen-bond acceptors (Lipinski definition) is 7. The predicted molar refractivity (Wildman–Crippen MR) is 171 cm³/mol. The van der Waals surface area contributed by atoms with Gasteiger partial charge in [-0.2, -0.15) is 0 Å². The molecule has 224 valence electrons. The number of hydrogen-bond donors (Lipinski definition) is 4. The number of fused-ring (bicyclic) bond motifs is 6. The number of nitrogens with one attached hydrogen (secondary N) is 4. The standard InChI is InChI=1S/C33H56N6S/c1-22(2)17-23-11-14-26(34-19-23)27-15-12-24-18-33(6,7)39(21-24)31-25(13-16-28(37-31)32(3,4)5)20-35-40-30-10-8-9-29(36-27)38-30/h11,14,17,19,24-25,27-31,35-38H,8-10,12-13,15-16,18,20-21H2,1-7H3/t24-,25?,27?,28?,29?,30?,31?/m0/s1. The Morgan fingerprint density at radius 2 is 1.85 bits per heavy atom. The fraction of sp³-hybridized carbons (Fsp3) is 0.788. The Morgan fingerprint density at radius 3 is 2.58 bits per heavy atom. The van der Waals surface area contributed by atoms with Crippen LogP contribution in [0.15, 0.2) is 23.9 Å². The number of pyridine rings is 1. The fourth-order valence-electron chi connectivity index (χ4n) is 7.68. The molecule has 0 aromatic carbocycles. The van der Waals surface area contributed by atoms with Crippen molar-refractivity contribution < 1.29 is 0 Å². The van der Waals surface area contributed by atoms with Gasteiger partial charge in [-0.1, -0.05) is 50.4 Å². The number of nitrogens with zero attached hydrogens (tertiary/aromatic N) is 2. The van der Waals surface area contributed by atoms with Crippen molar-refractivity contribution in [2.45, 2.75) is 135 Å². The molecule has 0 saturated carbocycles. The lowest BCUT2D eigenvalue weighted by molar-refractivity contribution is 0.00552. The summed E-state index contributed by atoms with van der Waals surface area (Å²) in [5.74, 6) is 1.34. The van der Waals surface area contributed by atoms with Crippen molar-refractivity contribution in [3.8, 4) is 0 Å². The van der Waals surface area contributed by atoms with E-state index in [1.165, 1.54) is 68.3 Å². The summed E-state index contributed by atoms with van der Waals surface area (Å²) in [5.41, 5.74) is 4.16. The van der Waals surface area contributed by atoms with E-state index in [0.717, 1.165) is 13.0 Å². The van der Waals surface area contributed by atoms with E-state index in [4.69, 9.17) is 4.98 Å². The molecule has 8 atom stereocenters. The minimum absolute atomic E-state index is 0.204. The zero-order chi connectivity index (χ0) is 28.5. The molecule has 1 aromatic heterocycles. The van der Waals surface area contributed by atoms with Crippen LogP contribution in [0, 0.1) is 17.3 Å². The first-order chi connectivity index (χ1) is 19.0. The lowest BCUT2D eigenvalue weighted by Crippen LogP contribution is -2.63. The number of aromatic nitrogens is 1. The van der Waals surface area contributed by atoms with Gasteiger partial charge in [0.2, 0.25) is 0 Å². The van der Waals surface area contributed by atoms with Gasteiger partial charge in [0.25, 0.3) is 0 Å². The molecule has 0 spiro atoms. The van der Waals surface area contributed by atoms with Gasteiger partial charge in [-0.3, -0.25) is 30.6 Å². The van der Waals surface area contributed by atoms with E-state index in [9.17, 15) is 0 Å². The van der Waals surface area contributed by atoms with Gasteiger partial charge in [0.1, 0.15) is 0 Å². The van der Waals surface area contributed by atoms with Crippen LogP contribution >= 0.6 is 11.9 Å². The van der Waals surface area contributed by atoms with Gasteiger partial charge in [0.15, 0.2) is 0 Å². The van der Waals surface area contributed by atoms with Gasteiger partial charge in [0, 0.05) is 36.8 Å². The lowest BCUT2D eigenvalue weighted by Gasteiger charge is -2.50. The largest absolute Gasteiger partial charge is 0.298 e. The molecule has 7 unspecified atom stereocenters. The fourth-order valence-corrected chi connectivity index (χ4v) is 8.71. The highest BCUT2D eigenvalue weighted by atomic mass is 32.2. The second-order valence-corrected chi connectivity index (χ2v) is 16.1. The summed E-state index contributed by atoms with van der Waals surface area (Å²) in [5, 5.41) is 12.6. The van der Waals surface area contributed by atoms with Crippen LogP contribution in [0.3, 0.4) is 0 Å². The highest BCUT2D eigenvalue weighted by Gasteiger charge is 2.47. The van der Waals surface area contributed by atoms with Crippen molar-refractivity contribution in [3.05, 3.63) is 35.2 Å². The highest BCUT2D eigenvalue weighted by molar-refractivity contribution is 7.98. The Balaban J connectivity index is 1.39. The number of allylic oxidation sites excluding steroid dienone is 1. The van der Waals surface area contributed by atoms with E-state index < -0.39 is 0 Å². The molecule has 0 amide bonds.